The normalized spacial score (nSPS) is 25.8. The number of rotatable bonds is 4. The van der Waals surface area contributed by atoms with Crippen LogP contribution < -0.4 is 10.7 Å². The van der Waals surface area contributed by atoms with Gasteiger partial charge in [0, 0.05) is 25.2 Å². The summed E-state index contributed by atoms with van der Waals surface area (Å²) in [6.07, 6.45) is 6.08. The standard InChI is InChI=1S/C25H28FN3O5/c1-2-25-14-28-13-18(23(32)27-11-15-7-9-17(26)10-8-15)21(30)22(31)20(28)24(33)29(25)12-16-5-3-4-6-19(16)34-25/h7-10,13,16,19,31H,2-6,11-12,14H2,1H3,(H,27,32)/t16-,19-,25?/m0/s1. The Kier molecular flexibility index (Phi) is 5.67. The number of halogens is 1. The summed E-state index contributed by atoms with van der Waals surface area (Å²) in [6, 6.07) is 5.63. The highest BCUT2D eigenvalue weighted by Crippen LogP contribution is 2.43. The van der Waals surface area contributed by atoms with Crippen molar-refractivity contribution in [2.24, 2.45) is 5.92 Å². The van der Waals surface area contributed by atoms with Crippen molar-refractivity contribution < 1.29 is 23.8 Å². The van der Waals surface area contributed by atoms with E-state index in [1.54, 1.807) is 4.90 Å². The fourth-order valence-corrected chi connectivity index (χ4v) is 5.50. The second-order valence-corrected chi connectivity index (χ2v) is 9.42. The van der Waals surface area contributed by atoms with E-state index in [1.807, 2.05) is 6.92 Å². The summed E-state index contributed by atoms with van der Waals surface area (Å²) in [4.78, 5) is 40.8. The fourth-order valence-electron chi connectivity index (χ4n) is 5.50. The summed E-state index contributed by atoms with van der Waals surface area (Å²) in [5.41, 5.74) is -1.49. The first-order valence-corrected chi connectivity index (χ1v) is 11.8. The summed E-state index contributed by atoms with van der Waals surface area (Å²) in [6.45, 7) is 2.79. The predicted octanol–water partition coefficient (Wildman–Crippen LogP) is 2.77. The molecule has 3 heterocycles. The van der Waals surface area contributed by atoms with Crippen LogP contribution in [0.5, 0.6) is 5.75 Å². The number of ether oxygens (including phenoxy) is 1. The van der Waals surface area contributed by atoms with Crippen LogP contribution >= 0.6 is 0 Å². The molecule has 3 aliphatic rings. The van der Waals surface area contributed by atoms with Crippen LogP contribution in [-0.2, 0) is 17.8 Å². The van der Waals surface area contributed by atoms with Crippen LogP contribution in [0.2, 0.25) is 0 Å². The number of pyridine rings is 1. The number of fused-ring (bicyclic) bond motifs is 3. The Morgan fingerprint density at radius 2 is 1.97 bits per heavy atom. The summed E-state index contributed by atoms with van der Waals surface area (Å²) >= 11 is 0. The van der Waals surface area contributed by atoms with Crippen LogP contribution in [0.4, 0.5) is 4.39 Å². The maximum Gasteiger partial charge on any atom is 0.276 e. The molecule has 0 bridgehead atoms. The Morgan fingerprint density at radius 3 is 2.71 bits per heavy atom. The summed E-state index contributed by atoms with van der Waals surface area (Å²) in [7, 11) is 0. The second kappa shape index (κ2) is 8.54. The lowest BCUT2D eigenvalue weighted by Crippen LogP contribution is -2.67. The topological polar surface area (TPSA) is 101 Å². The number of aromatic nitrogens is 1. The molecule has 2 amide bonds. The first-order chi connectivity index (χ1) is 16.3. The third-order valence-electron chi connectivity index (χ3n) is 7.40. The number of nitrogens with one attached hydrogen (secondary N) is 1. The van der Waals surface area contributed by atoms with Gasteiger partial charge >= 0.3 is 0 Å². The molecule has 2 fully saturated rings. The van der Waals surface area contributed by atoms with Crippen LogP contribution in [0.25, 0.3) is 0 Å². The molecule has 1 aromatic heterocycles. The van der Waals surface area contributed by atoms with E-state index >= 15 is 0 Å². The van der Waals surface area contributed by atoms with Gasteiger partial charge in [-0.15, -0.1) is 0 Å². The maximum atomic E-state index is 13.5. The number of carbonyl (C=O) groups excluding carboxylic acids is 2. The Hall–Kier alpha value is -3.20. The molecule has 2 aliphatic heterocycles. The zero-order valence-corrected chi connectivity index (χ0v) is 19.1. The molecule has 0 radical (unpaired) electrons. The van der Waals surface area contributed by atoms with E-state index in [-0.39, 0.29) is 42.2 Å². The molecule has 1 aliphatic carbocycles. The summed E-state index contributed by atoms with van der Waals surface area (Å²) in [5.74, 6) is -2.01. The molecular formula is C25H28FN3O5. The van der Waals surface area contributed by atoms with Crippen molar-refractivity contribution in [2.45, 2.75) is 63.9 Å². The summed E-state index contributed by atoms with van der Waals surface area (Å²) < 4.78 is 21.1. The predicted molar refractivity (Wildman–Crippen MR) is 121 cm³/mol. The van der Waals surface area contributed by atoms with Gasteiger partial charge < -0.3 is 24.6 Å². The number of nitrogens with zero attached hydrogens (tertiary/aromatic N) is 2. The SMILES string of the molecule is CCC12Cn3cc(C(=O)NCc4ccc(F)cc4)c(=O)c(O)c3C(=O)N1C[C@@H]1CCCC[C@@H]1O2. The number of amides is 2. The zero-order chi connectivity index (χ0) is 24.0. The molecule has 1 unspecified atom stereocenters. The summed E-state index contributed by atoms with van der Waals surface area (Å²) in [5, 5.41) is 13.3. The van der Waals surface area contributed by atoms with Gasteiger partial charge in [0.2, 0.25) is 5.43 Å². The average molecular weight is 470 g/mol. The third kappa shape index (κ3) is 3.68. The van der Waals surface area contributed by atoms with E-state index in [0.29, 0.717) is 18.5 Å². The van der Waals surface area contributed by atoms with E-state index < -0.39 is 28.7 Å². The van der Waals surface area contributed by atoms with Gasteiger partial charge in [0.05, 0.1) is 12.6 Å². The van der Waals surface area contributed by atoms with Gasteiger partial charge in [-0.25, -0.2) is 4.39 Å². The largest absolute Gasteiger partial charge is 0.503 e. The van der Waals surface area contributed by atoms with E-state index in [4.69, 9.17) is 4.74 Å². The highest BCUT2D eigenvalue weighted by Gasteiger charge is 2.53. The molecule has 3 atom stereocenters. The lowest BCUT2D eigenvalue weighted by Gasteiger charge is -2.55. The molecule has 1 aromatic carbocycles. The Bertz CT molecular complexity index is 1190. The van der Waals surface area contributed by atoms with E-state index in [0.717, 1.165) is 25.7 Å². The number of hydrogen-bond acceptors (Lipinski definition) is 5. The fraction of sp³-hybridized carbons (Fsp3) is 0.480. The molecule has 2 aromatic rings. The van der Waals surface area contributed by atoms with Crippen molar-refractivity contribution in [3.05, 3.63) is 63.3 Å². The highest BCUT2D eigenvalue weighted by atomic mass is 19.1. The molecular weight excluding hydrogens is 441 g/mol. The van der Waals surface area contributed by atoms with Crippen LogP contribution in [0.1, 0.15) is 65.4 Å². The molecule has 180 valence electrons. The monoisotopic (exact) mass is 469 g/mol. The quantitative estimate of drug-likeness (QED) is 0.717. The molecule has 34 heavy (non-hydrogen) atoms. The Balaban J connectivity index is 1.46. The molecule has 1 saturated heterocycles. The molecule has 1 saturated carbocycles. The minimum Gasteiger partial charge on any atom is -0.503 e. The van der Waals surface area contributed by atoms with Gasteiger partial charge in [0.15, 0.2) is 17.2 Å². The van der Waals surface area contributed by atoms with Gasteiger partial charge in [-0.2, -0.15) is 0 Å². The maximum absolute atomic E-state index is 13.5. The Morgan fingerprint density at radius 1 is 1.24 bits per heavy atom. The zero-order valence-electron chi connectivity index (χ0n) is 19.1. The van der Waals surface area contributed by atoms with E-state index in [9.17, 15) is 23.9 Å². The van der Waals surface area contributed by atoms with Crippen molar-refractivity contribution in [1.29, 1.82) is 0 Å². The number of aromatic hydroxyl groups is 1. The Labute approximate surface area is 196 Å². The molecule has 0 spiro atoms. The van der Waals surface area contributed by atoms with Crippen molar-refractivity contribution in [1.82, 2.24) is 14.8 Å². The number of hydrogen-bond donors (Lipinski definition) is 2. The van der Waals surface area contributed by atoms with Crippen LogP contribution in [-0.4, -0.2) is 44.8 Å². The lowest BCUT2D eigenvalue weighted by molar-refractivity contribution is -0.242. The van der Waals surface area contributed by atoms with Gasteiger partial charge in [0.25, 0.3) is 11.8 Å². The van der Waals surface area contributed by atoms with Crippen molar-refractivity contribution in [3.63, 3.8) is 0 Å². The van der Waals surface area contributed by atoms with Crippen molar-refractivity contribution in [3.8, 4) is 5.75 Å². The average Bonchev–Trinajstić information content (AvgIpc) is 2.84. The highest BCUT2D eigenvalue weighted by molar-refractivity contribution is 5.99. The third-order valence-corrected chi connectivity index (χ3v) is 7.40. The van der Waals surface area contributed by atoms with Crippen LogP contribution in [0, 0.1) is 11.7 Å². The van der Waals surface area contributed by atoms with Gasteiger partial charge in [-0.3, -0.25) is 14.4 Å². The number of carbonyl (C=O) groups is 2. The first kappa shape index (κ1) is 22.6. The van der Waals surface area contributed by atoms with Crippen LogP contribution in [0.3, 0.4) is 0 Å². The van der Waals surface area contributed by atoms with Crippen LogP contribution in [0.15, 0.2) is 35.3 Å². The minimum atomic E-state index is -0.895. The molecule has 2 N–H and O–H groups in total. The van der Waals surface area contributed by atoms with Gasteiger partial charge in [0.1, 0.15) is 11.4 Å². The van der Waals surface area contributed by atoms with Gasteiger partial charge in [-0.1, -0.05) is 31.9 Å². The number of benzene rings is 1. The van der Waals surface area contributed by atoms with E-state index in [1.165, 1.54) is 35.0 Å². The lowest BCUT2D eigenvalue weighted by atomic mass is 9.82. The molecule has 8 nitrogen and oxygen atoms in total. The van der Waals surface area contributed by atoms with E-state index in [2.05, 4.69) is 5.32 Å². The molecule has 5 rings (SSSR count). The van der Waals surface area contributed by atoms with Crippen molar-refractivity contribution >= 4 is 11.8 Å². The van der Waals surface area contributed by atoms with Gasteiger partial charge in [-0.05, 0) is 37.0 Å². The first-order valence-electron chi connectivity index (χ1n) is 11.8. The van der Waals surface area contributed by atoms with Crippen molar-refractivity contribution in [2.75, 3.05) is 6.54 Å². The molecule has 9 heteroatoms. The smallest absolute Gasteiger partial charge is 0.276 e. The minimum absolute atomic E-state index is 0.0748. The second-order valence-electron chi connectivity index (χ2n) is 9.42.